The van der Waals surface area contributed by atoms with E-state index in [2.05, 4.69) is 0 Å². The van der Waals surface area contributed by atoms with Crippen molar-refractivity contribution in [1.29, 1.82) is 0 Å². The summed E-state index contributed by atoms with van der Waals surface area (Å²) >= 11 is 4.88. The van der Waals surface area contributed by atoms with E-state index in [4.69, 9.17) is 18.0 Å². The number of thiocarbonyl (C=S) groups is 1. The lowest BCUT2D eigenvalue weighted by atomic mass is 10.1. The third-order valence-corrected chi connectivity index (χ3v) is 2.67. The van der Waals surface area contributed by atoms with Crippen LogP contribution in [0.2, 0.25) is 0 Å². The molecule has 1 aliphatic rings. The normalized spacial score (nSPS) is 23.8. The maximum atomic E-state index is 11.5. The summed E-state index contributed by atoms with van der Waals surface area (Å²) in [5.41, 5.74) is 5.40. The van der Waals surface area contributed by atoms with Crippen molar-refractivity contribution in [3.63, 3.8) is 0 Å². The lowest BCUT2D eigenvalue weighted by Gasteiger charge is -2.32. The third-order valence-electron chi connectivity index (χ3n) is 2.34. The Kier molecular flexibility index (Phi) is 2.61. The smallest absolute Gasteiger partial charge is 0.223 e. The molecular formula is C9H16N2OS. The topological polar surface area (TPSA) is 46.3 Å². The Hall–Kier alpha value is -0.640. The Morgan fingerprint density at radius 2 is 2.15 bits per heavy atom. The molecule has 0 aliphatic carbocycles. The van der Waals surface area contributed by atoms with Gasteiger partial charge in [0, 0.05) is 24.4 Å². The molecule has 0 bridgehead atoms. The lowest BCUT2D eigenvalue weighted by molar-refractivity contribution is -0.131. The summed E-state index contributed by atoms with van der Waals surface area (Å²) in [5.74, 6) is 0.229. The van der Waals surface area contributed by atoms with E-state index in [-0.39, 0.29) is 17.4 Å². The summed E-state index contributed by atoms with van der Waals surface area (Å²) in [7, 11) is 0. The van der Waals surface area contributed by atoms with Crippen LogP contribution in [0.4, 0.5) is 0 Å². The second-order valence-electron chi connectivity index (χ2n) is 4.48. The second kappa shape index (κ2) is 3.25. The summed E-state index contributed by atoms with van der Waals surface area (Å²) in [6.45, 7) is 6.74. The molecule has 13 heavy (non-hydrogen) atoms. The minimum absolute atomic E-state index is 0.0710. The average Bonchev–Trinajstić information content (AvgIpc) is 2.29. The number of carbonyl (C=O) groups is 1. The predicted octanol–water partition coefficient (Wildman–Crippen LogP) is 0.920. The van der Waals surface area contributed by atoms with Gasteiger partial charge in [-0.25, -0.2) is 0 Å². The van der Waals surface area contributed by atoms with E-state index in [1.807, 2.05) is 25.7 Å². The van der Waals surface area contributed by atoms with Gasteiger partial charge >= 0.3 is 0 Å². The molecule has 1 saturated heterocycles. The average molecular weight is 200 g/mol. The fourth-order valence-corrected chi connectivity index (χ4v) is 1.70. The minimum Gasteiger partial charge on any atom is -0.393 e. The summed E-state index contributed by atoms with van der Waals surface area (Å²) in [5, 5.41) is 0. The van der Waals surface area contributed by atoms with Gasteiger partial charge in [-0.2, -0.15) is 0 Å². The minimum atomic E-state index is -0.114. The Labute approximate surface area is 84.3 Å². The number of hydrogen-bond donors (Lipinski definition) is 1. The number of nitrogens with zero attached hydrogens (tertiary/aromatic N) is 1. The first-order valence-electron chi connectivity index (χ1n) is 4.42. The van der Waals surface area contributed by atoms with Gasteiger partial charge < -0.3 is 10.6 Å². The summed E-state index contributed by atoms with van der Waals surface area (Å²) < 4.78 is 0. The highest BCUT2D eigenvalue weighted by Crippen LogP contribution is 2.25. The van der Waals surface area contributed by atoms with Gasteiger partial charge in [-0.05, 0) is 20.8 Å². The lowest BCUT2D eigenvalue weighted by Crippen LogP contribution is -2.42. The zero-order valence-electron chi connectivity index (χ0n) is 8.33. The van der Waals surface area contributed by atoms with Gasteiger partial charge in [-0.15, -0.1) is 0 Å². The van der Waals surface area contributed by atoms with E-state index >= 15 is 0 Å². The Morgan fingerprint density at radius 3 is 2.38 bits per heavy atom. The maximum Gasteiger partial charge on any atom is 0.223 e. The van der Waals surface area contributed by atoms with Crippen molar-refractivity contribution in [3.8, 4) is 0 Å². The van der Waals surface area contributed by atoms with Gasteiger partial charge in [0.05, 0.1) is 4.99 Å². The Balaban J connectivity index is 2.73. The van der Waals surface area contributed by atoms with E-state index < -0.39 is 0 Å². The van der Waals surface area contributed by atoms with Crippen molar-refractivity contribution in [2.75, 3.05) is 6.54 Å². The molecule has 0 radical (unpaired) electrons. The molecule has 1 aliphatic heterocycles. The monoisotopic (exact) mass is 200 g/mol. The zero-order valence-corrected chi connectivity index (χ0v) is 9.15. The van der Waals surface area contributed by atoms with Crippen LogP contribution in [0.15, 0.2) is 0 Å². The number of carbonyl (C=O) groups excluding carboxylic acids is 1. The zero-order chi connectivity index (χ0) is 10.2. The molecule has 2 N–H and O–H groups in total. The van der Waals surface area contributed by atoms with Crippen LogP contribution in [0.1, 0.15) is 27.2 Å². The quantitative estimate of drug-likeness (QED) is 0.640. The van der Waals surface area contributed by atoms with Crippen molar-refractivity contribution < 1.29 is 4.79 Å². The van der Waals surface area contributed by atoms with E-state index in [1.54, 1.807) is 0 Å². The molecule has 1 atom stereocenters. The first-order chi connectivity index (χ1) is 5.82. The maximum absolute atomic E-state index is 11.5. The second-order valence-corrected chi connectivity index (χ2v) is 4.95. The molecule has 0 aromatic heterocycles. The number of amides is 1. The number of likely N-dealkylation sites (tertiary alicyclic amines) is 1. The molecule has 74 valence electrons. The summed E-state index contributed by atoms with van der Waals surface area (Å²) in [6.07, 6.45) is 0.479. The molecule has 1 unspecified atom stereocenters. The van der Waals surface area contributed by atoms with Gasteiger partial charge in [0.1, 0.15) is 0 Å². The molecule has 0 saturated carbocycles. The SMILES string of the molecule is CC(C)(C)N1CC(C(N)=S)CC1=O. The molecule has 3 nitrogen and oxygen atoms in total. The first-order valence-corrected chi connectivity index (χ1v) is 4.83. The van der Waals surface area contributed by atoms with Crippen LogP contribution in [-0.2, 0) is 4.79 Å². The number of rotatable bonds is 1. The highest BCUT2D eigenvalue weighted by molar-refractivity contribution is 7.80. The fourth-order valence-electron chi connectivity index (χ4n) is 1.55. The van der Waals surface area contributed by atoms with Crippen LogP contribution < -0.4 is 5.73 Å². The van der Waals surface area contributed by atoms with Crippen LogP contribution in [0, 0.1) is 5.92 Å². The van der Waals surface area contributed by atoms with Crippen LogP contribution in [-0.4, -0.2) is 27.9 Å². The molecule has 0 spiro atoms. The fraction of sp³-hybridized carbons (Fsp3) is 0.778. The third kappa shape index (κ3) is 2.18. The van der Waals surface area contributed by atoms with Crippen LogP contribution in [0.3, 0.4) is 0 Å². The highest BCUT2D eigenvalue weighted by Gasteiger charge is 2.37. The van der Waals surface area contributed by atoms with Gasteiger partial charge in [0.15, 0.2) is 0 Å². The van der Waals surface area contributed by atoms with E-state index in [9.17, 15) is 4.79 Å². The van der Waals surface area contributed by atoms with Crippen molar-refractivity contribution in [2.45, 2.75) is 32.7 Å². The van der Waals surface area contributed by atoms with Gasteiger partial charge in [-0.3, -0.25) is 4.79 Å². The summed E-state index contributed by atoms with van der Waals surface area (Å²) in [6, 6.07) is 0. The van der Waals surface area contributed by atoms with E-state index in [1.165, 1.54) is 0 Å². The molecule has 1 rings (SSSR count). The molecule has 1 amide bonds. The van der Waals surface area contributed by atoms with E-state index in [0.29, 0.717) is 18.0 Å². The van der Waals surface area contributed by atoms with Crippen molar-refractivity contribution in [2.24, 2.45) is 11.7 Å². The van der Waals surface area contributed by atoms with Crippen LogP contribution in [0.25, 0.3) is 0 Å². The molecule has 1 fully saturated rings. The van der Waals surface area contributed by atoms with Crippen LogP contribution in [0.5, 0.6) is 0 Å². The predicted molar refractivity (Wildman–Crippen MR) is 56.4 cm³/mol. The summed E-state index contributed by atoms with van der Waals surface area (Å²) in [4.78, 5) is 13.8. The molecule has 1 heterocycles. The Morgan fingerprint density at radius 1 is 1.62 bits per heavy atom. The van der Waals surface area contributed by atoms with Gasteiger partial charge in [0.25, 0.3) is 0 Å². The highest BCUT2D eigenvalue weighted by atomic mass is 32.1. The molecule has 0 aromatic carbocycles. The molecular weight excluding hydrogens is 184 g/mol. The standard InChI is InChI=1S/C9H16N2OS/c1-9(2,3)11-5-6(8(10)13)4-7(11)12/h6H,4-5H2,1-3H3,(H2,10,13). The van der Waals surface area contributed by atoms with Crippen LogP contribution >= 0.6 is 12.2 Å². The van der Waals surface area contributed by atoms with Gasteiger partial charge in [0.2, 0.25) is 5.91 Å². The number of nitrogens with two attached hydrogens (primary N) is 1. The molecule has 4 heteroatoms. The van der Waals surface area contributed by atoms with E-state index in [0.717, 1.165) is 0 Å². The Bertz CT molecular complexity index is 244. The van der Waals surface area contributed by atoms with Crippen molar-refractivity contribution in [3.05, 3.63) is 0 Å². The first kappa shape index (κ1) is 10.4. The number of hydrogen-bond acceptors (Lipinski definition) is 2. The van der Waals surface area contributed by atoms with Gasteiger partial charge in [-0.1, -0.05) is 12.2 Å². The largest absolute Gasteiger partial charge is 0.393 e. The molecule has 0 aromatic rings. The van der Waals surface area contributed by atoms with Crippen molar-refractivity contribution >= 4 is 23.1 Å². The van der Waals surface area contributed by atoms with Crippen molar-refractivity contribution in [1.82, 2.24) is 4.90 Å².